The van der Waals surface area contributed by atoms with Crippen LogP contribution in [0, 0.1) is 5.92 Å². The van der Waals surface area contributed by atoms with Gasteiger partial charge >= 0.3 is 5.97 Å². The quantitative estimate of drug-likeness (QED) is 0.0553. The van der Waals surface area contributed by atoms with Crippen LogP contribution in [0.5, 0.6) is 0 Å². The number of carboxylic acid groups (broad SMARTS) is 1. The van der Waals surface area contributed by atoms with Crippen LogP contribution >= 0.6 is 11.8 Å². The van der Waals surface area contributed by atoms with Gasteiger partial charge in [0.25, 0.3) is 0 Å². The van der Waals surface area contributed by atoms with Crippen LogP contribution in [-0.4, -0.2) is 129 Å². The summed E-state index contributed by atoms with van der Waals surface area (Å²) < 4.78 is 0. The summed E-state index contributed by atoms with van der Waals surface area (Å²) in [7, 11) is 0. The molecule has 0 spiro atoms. The van der Waals surface area contributed by atoms with Gasteiger partial charge in [-0.3, -0.25) is 28.8 Å². The topological polar surface area (TPSA) is 294 Å². The molecule has 3 aromatic rings. The second-order valence-electron chi connectivity index (χ2n) is 14.5. The van der Waals surface area contributed by atoms with E-state index >= 15 is 0 Å². The van der Waals surface area contributed by atoms with Gasteiger partial charge in [0.15, 0.2) is 0 Å². The minimum atomic E-state index is -1.62. The zero-order valence-corrected chi connectivity index (χ0v) is 34.5. The maximum absolute atomic E-state index is 13.9. The third-order valence-electron chi connectivity index (χ3n) is 9.47. The molecule has 322 valence electrons. The van der Waals surface area contributed by atoms with Crippen LogP contribution in [-0.2, 0) is 46.4 Å². The van der Waals surface area contributed by atoms with E-state index in [-0.39, 0.29) is 19.3 Å². The minimum absolute atomic E-state index is 0.0183. The lowest BCUT2D eigenvalue weighted by Crippen LogP contribution is -2.62. The van der Waals surface area contributed by atoms with Crippen molar-refractivity contribution in [1.29, 1.82) is 0 Å². The summed E-state index contributed by atoms with van der Waals surface area (Å²) in [6, 6.07) is 6.77. The van der Waals surface area contributed by atoms with Gasteiger partial charge in [-0.15, -0.1) is 0 Å². The number of carbonyl (C=O) groups excluding carboxylic acids is 6. The fraction of sp³-hybridized carbons (Fsp3) is 0.475. The number of aliphatic hydroxyl groups excluding tert-OH is 2. The first kappa shape index (κ1) is 47.9. The number of aliphatic hydroxyl groups is 2. The number of aromatic nitrogens is 1. The summed E-state index contributed by atoms with van der Waals surface area (Å²) in [5.41, 5.74) is 7.79. The van der Waals surface area contributed by atoms with Crippen molar-refractivity contribution in [2.45, 2.75) is 95.4 Å². The Morgan fingerprint density at radius 1 is 0.695 bits per heavy atom. The molecule has 0 bridgehead atoms. The van der Waals surface area contributed by atoms with E-state index in [4.69, 9.17) is 5.73 Å². The molecule has 12 N–H and O–H groups in total. The van der Waals surface area contributed by atoms with Crippen LogP contribution in [0.3, 0.4) is 0 Å². The van der Waals surface area contributed by atoms with Gasteiger partial charge in [-0.1, -0.05) is 62.4 Å². The van der Waals surface area contributed by atoms with Crippen molar-refractivity contribution in [2.75, 3.05) is 18.6 Å². The van der Waals surface area contributed by atoms with Crippen molar-refractivity contribution in [2.24, 2.45) is 11.7 Å². The highest BCUT2D eigenvalue weighted by atomic mass is 32.2. The highest BCUT2D eigenvalue weighted by molar-refractivity contribution is 7.98. The molecule has 19 heteroatoms. The van der Waals surface area contributed by atoms with E-state index in [1.807, 2.05) is 18.2 Å². The lowest BCUT2D eigenvalue weighted by molar-refractivity contribution is -0.143. The van der Waals surface area contributed by atoms with Gasteiger partial charge in [0.05, 0.1) is 12.7 Å². The first-order valence-electron chi connectivity index (χ1n) is 19.1. The molecule has 0 saturated heterocycles. The average Bonchev–Trinajstić information content (AvgIpc) is 3.61. The molecule has 1 aromatic heterocycles. The molecular weight excluding hydrogens is 785 g/mol. The van der Waals surface area contributed by atoms with Crippen LogP contribution in [0.2, 0.25) is 0 Å². The number of fused-ring (bicyclic) bond motifs is 1. The lowest BCUT2D eigenvalue weighted by Gasteiger charge is -2.28. The van der Waals surface area contributed by atoms with E-state index in [9.17, 15) is 48.9 Å². The molecule has 3 rings (SSSR count). The van der Waals surface area contributed by atoms with Gasteiger partial charge in [-0.2, -0.15) is 11.8 Å². The Balaban J connectivity index is 1.83. The summed E-state index contributed by atoms with van der Waals surface area (Å²) in [6.07, 6.45) is 1.95. The maximum atomic E-state index is 13.9. The predicted octanol–water partition coefficient (Wildman–Crippen LogP) is -0.924. The molecule has 0 radical (unpaired) electrons. The molecular formula is C40H56N8O10S. The number of nitrogens with one attached hydrogen (secondary N) is 7. The van der Waals surface area contributed by atoms with Gasteiger partial charge < -0.3 is 57.9 Å². The number of H-pyrrole nitrogens is 1. The van der Waals surface area contributed by atoms with E-state index < -0.39 is 102 Å². The number of carbonyl (C=O) groups is 7. The fourth-order valence-electron chi connectivity index (χ4n) is 6.02. The van der Waals surface area contributed by atoms with Crippen LogP contribution in [0.25, 0.3) is 10.9 Å². The van der Waals surface area contributed by atoms with Crippen molar-refractivity contribution in [3.05, 3.63) is 71.9 Å². The van der Waals surface area contributed by atoms with Gasteiger partial charge in [0.2, 0.25) is 35.4 Å². The maximum Gasteiger partial charge on any atom is 0.326 e. The molecule has 0 aliphatic rings. The minimum Gasteiger partial charge on any atom is -0.480 e. The molecule has 2 aromatic carbocycles. The Labute approximate surface area is 346 Å². The Morgan fingerprint density at radius 2 is 1.25 bits per heavy atom. The Hall–Kier alpha value is -5.50. The number of amides is 6. The van der Waals surface area contributed by atoms with Crippen molar-refractivity contribution in [3.8, 4) is 0 Å². The molecule has 59 heavy (non-hydrogen) atoms. The number of aliphatic carboxylic acids is 1. The van der Waals surface area contributed by atoms with E-state index in [1.54, 1.807) is 62.7 Å². The van der Waals surface area contributed by atoms with E-state index in [0.29, 0.717) is 16.9 Å². The highest BCUT2D eigenvalue weighted by Crippen LogP contribution is 2.19. The zero-order valence-electron chi connectivity index (χ0n) is 33.7. The third-order valence-corrected chi connectivity index (χ3v) is 10.1. The van der Waals surface area contributed by atoms with Crippen LogP contribution in [0.4, 0.5) is 0 Å². The van der Waals surface area contributed by atoms with Crippen LogP contribution in [0.15, 0.2) is 60.8 Å². The number of aromatic amines is 1. The number of rotatable bonds is 23. The third kappa shape index (κ3) is 14.4. The number of hydrogen-bond donors (Lipinski definition) is 11. The summed E-state index contributed by atoms with van der Waals surface area (Å²) in [5, 5.41) is 45.7. The van der Waals surface area contributed by atoms with E-state index in [1.165, 1.54) is 25.6 Å². The summed E-state index contributed by atoms with van der Waals surface area (Å²) in [4.78, 5) is 95.6. The van der Waals surface area contributed by atoms with Crippen LogP contribution in [0.1, 0.15) is 45.2 Å². The second-order valence-corrected chi connectivity index (χ2v) is 15.5. The average molecular weight is 841 g/mol. The van der Waals surface area contributed by atoms with Gasteiger partial charge in [-0.25, -0.2) is 4.79 Å². The zero-order chi connectivity index (χ0) is 43.8. The van der Waals surface area contributed by atoms with Gasteiger partial charge in [0.1, 0.15) is 42.3 Å². The first-order valence-corrected chi connectivity index (χ1v) is 20.5. The number of carboxylic acids is 1. The van der Waals surface area contributed by atoms with Crippen molar-refractivity contribution in [3.63, 3.8) is 0 Å². The molecule has 0 fully saturated rings. The standard InChI is InChI=1S/C40H56N8O10S/c1-21(2)32(40(57)58)47-34(51)22(3)43-37(54)30(17-24-11-7-6-8-12-24)46-36(53)29(15-16-59-5)44-39(56)33(23(4)50)48-38(55)31(45-35(52)27(41)20-49)18-25-19-42-28-14-10-9-13-26(25)28/h6-14,19,21-23,27,29-33,42,49-50H,15-18,20,41H2,1-5H3,(H,43,54)(H,44,56)(H,45,52)(H,46,53)(H,47,51)(H,48,55)(H,57,58)/t22-,23+,27-,29-,30-,31-,32-,33-/m0/s1. The van der Waals surface area contributed by atoms with Crippen LogP contribution < -0.4 is 37.6 Å². The molecule has 0 aliphatic heterocycles. The smallest absolute Gasteiger partial charge is 0.326 e. The van der Waals surface area contributed by atoms with E-state index in [2.05, 4.69) is 36.9 Å². The Kier molecular flexibility index (Phi) is 18.8. The number of hydrogen-bond acceptors (Lipinski definition) is 11. The molecule has 0 unspecified atom stereocenters. The highest BCUT2D eigenvalue weighted by Gasteiger charge is 2.35. The van der Waals surface area contributed by atoms with Crippen molar-refractivity contribution in [1.82, 2.24) is 36.9 Å². The molecule has 1 heterocycles. The number of benzene rings is 2. The molecule has 0 aliphatic carbocycles. The second kappa shape index (κ2) is 23.2. The number of para-hydroxylation sites is 1. The summed E-state index contributed by atoms with van der Waals surface area (Å²) in [5.74, 6) is -6.21. The number of nitrogens with two attached hydrogens (primary N) is 1. The lowest BCUT2D eigenvalue weighted by atomic mass is 10.0. The fourth-order valence-corrected chi connectivity index (χ4v) is 6.49. The monoisotopic (exact) mass is 840 g/mol. The van der Waals surface area contributed by atoms with Gasteiger partial charge in [0, 0.05) is 29.9 Å². The number of thioether (sulfide) groups is 1. The normalized spacial score (nSPS) is 15.3. The van der Waals surface area contributed by atoms with Crippen molar-refractivity contribution >= 4 is 64.1 Å². The van der Waals surface area contributed by atoms with Crippen molar-refractivity contribution < 1.29 is 48.9 Å². The van der Waals surface area contributed by atoms with E-state index in [0.717, 1.165) is 10.9 Å². The summed E-state index contributed by atoms with van der Waals surface area (Å²) in [6.45, 7) is 5.18. The Bertz CT molecular complexity index is 1910. The molecule has 0 saturated carbocycles. The SMILES string of the molecule is CSCC[C@H](NC(=O)[C@@H](NC(=O)[C@H](Cc1c[nH]c2ccccc12)NC(=O)[C@@H](N)CO)[C@@H](C)O)C(=O)N[C@@H](Cc1ccccc1)C(=O)N[C@@H](C)C(=O)N[C@H](C(=O)O)C(C)C. The molecule has 6 amide bonds. The Morgan fingerprint density at radius 3 is 1.86 bits per heavy atom. The largest absolute Gasteiger partial charge is 0.480 e. The molecule has 18 nitrogen and oxygen atoms in total. The molecule has 8 atom stereocenters. The first-order chi connectivity index (χ1) is 28.0. The summed E-state index contributed by atoms with van der Waals surface area (Å²) >= 11 is 1.38. The van der Waals surface area contributed by atoms with Gasteiger partial charge in [-0.05, 0) is 55.4 Å². The predicted molar refractivity (Wildman–Crippen MR) is 222 cm³/mol.